The number of aliphatic hydroxyl groups excluding tert-OH is 1. The van der Waals surface area contributed by atoms with E-state index in [1.807, 2.05) is 18.2 Å². The second-order valence-electron chi connectivity index (χ2n) is 6.38. The highest BCUT2D eigenvalue weighted by Gasteiger charge is 2.17. The zero-order valence-electron chi connectivity index (χ0n) is 13.2. The van der Waals surface area contributed by atoms with E-state index in [9.17, 15) is 5.11 Å². The summed E-state index contributed by atoms with van der Waals surface area (Å²) in [4.78, 5) is 4.70. The van der Waals surface area contributed by atoms with Crippen LogP contribution in [0.25, 0.3) is 0 Å². The van der Waals surface area contributed by atoms with E-state index in [1.165, 1.54) is 5.56 Å². The highest BCUT2D eigenvalue weighted by Crippen LogP contribution is 2.24. The van der Waals surface area contributed by atoms with E-state index in [2.05, 4.69) is 44.5 Å². The summed E-state index contributed by atoms with van der Waals surface area (Å²) in [7, 11) is 0. The van der Waals surface area contributed by atoms with Crippen LogP contribution in [0, 0.1) is 0 Å². The maximum absolute atomic E-state index is 9.20. The fourth-order valence-electron chi connectivity index (χ4n) is 2.06. The third-order valence-corrected chi connectivity index (χ3v) is 4.36. The summed E-state index contributed by atoms with van der Waals surface area (Å²) in [6, 6.07) is 8.28. The van der Waals surface area contributed by atoms with Crippen molar-refractivity contribution < 1.29 is 5.11 Å². The van der Waals surface area contributed by atoms with E-state index < -0.39 is 0 Å². The van der Waals surface area contributed by atoms with Crippen LogP contribution < -0.4 is 5.32 Å². The molecular formula is C17H24N2OS. The number of rotatable bonds is 5. The second kappa shape index (κ2) is 6.69. The summed E-state index contributed by atoms with van der Waals surface area (Å²) >= 11 is 1.71. The van der Waals surface area contributed by atoms with E-state index in [-0.39, 0.29) is 18.1 Å². The molecule has 3 nitrogen and oxygen atoms in total. The first kappa shape index (κ1) is 16.1. The summed E-state index contributed by atoms with van der Waals surface area (Å²) in [6.07, 6.45) is 0. The summed E-state index contributed by atoms with van der Waals surface area (Å²) in [5.74, 6) is 0. The molecule has 1 aromatic heterocycles. The summed E-state index contributed by atoms with van der Waals surface area (Å²) in [5, 5.41) is 16.0. The summed E-state index contributed by atoms with van der Waals surface area (Å²) in [5.41, 5.74) is 3.40. The monoisotopic (exact) mass is 304 g/mol. The molecule has 2 rings (SSSR count). The van der Waals surface area contributed by atoms with E-state index >= 15 is 0 Å². The molecule has 4 heteroatoms. The molecule has 1 atom stereocenters. The van der Waals surface area contributed by atoms with Crippen LogP contribution in [0.1, 0.15) is 55.6 Å². The van der Waals surface area contributed by atoms with Gasteiger partial charge in [0.1, 0.15) is 5.01 Å². The molecule has 0 spiro atoms. The molecule has 0 saturated heterocycles. The molecule has 0 fully saturated rings. The Morgan fingerprint density at radius 1 is 1.33 bits per heavy atom. The average molecular weight is 304 g/mol. The Balaban J connectivity index is 1.97. The van der Waals surface area contributed by atoms with Crippen LogP contribution in [0.4, 0.5) is 0 Å². The molecule has 0 radical (unpaired) electrons. The third-order valence-electron chi connectivity index (χ3n) is 3.51. The van der Waals surface area contributed by atoms with Gasteiger partial charge in [0.15, 0.2) is 0 Å². The first-order valence-corrected chi connectivity index (χ1v) is 8.16. The van der Waals surface area contributed by atoms with Crippen molar-refractivity contribution in [3.63, 3.8) is 0 Å². The smallest absolute Gasteiger partial charge is 0.107 e. The molecule has 0 amide bonds. The maximum atomic E-state index is 9.20. The predicted octanol–water partition coefficient (Wildman–Crippen LogP) is 3.78. The highest BCUT2D eigenvalue weighted by atomic mass is 32.1. The first-order valence-electron chi connectivity index (χ1n) is 7.28. The minimum atomic E-state index is 0.0853. The maximum Gasteiger partial charge on any atom is 0.107 e. The van der Waals surface area contributed by atoms with Gasteiger partial charge in [0, 0.05) is 23.4 Å². The fourth-order valence-corrected chi connectivity index (χ4v) is 3.03. The molecule has 1 heterocycles. The summed E-state index contributed by atoms with van der Waals surface area (Å²) < 4.78 is 0. The first-order chi connectivity index (χ1) is 9.90. The van der Waals surface area contributed by atoms with Gasteiger partial charge in [0.25, 0.3) is 0 Å². The minimum Gasteiger partial charge on any atom is -0.392 e. The van der Waals surface area contributed by atoms with E-state index in [0.29, 0.717) is 0 Å². The SMILES string of the molecule is CC(NCc1nc(C(C)(C)C)cs1)c1cccc(CO)c1. The van der Waals surface area contributed by atoms with Crippen molar-refractivity contribution >= 4 is 11.3 Å². The van der Waals surface area contributed by atoms with Crippen molar-refractivity contribution in [2.45, 2.75) is 52.3 Å². The number of thiazole rings is 1. The Morgan fingerprint density at radius 2 is 2.10 bits per heavy atom. The van der Waals surface area contributed by atoms with E-state index in [4.69, 9.17) is 4.98 Å². The molecule has 0 aliphatic carbocycles. The van der Waals surface area contributed by atoms with Crippen LogP contribution >= 0.6 is 11.3 Å². The van der Waals surface area contributed by atoms with Gasteiger partial charge in [-0.15, -0.1) is 11.3 Å². The predicted molar refractivity (Wildman–Crippen MR) is 88.4 cm³/mol. The second-order valence-corrected chi connectivity index (χ2v) is 7.32. The Bertz CT molecular complexity index is 586. The normalized spacial score (nSPS) is 13.4. The van der Waals surface area contributed by atoms with E-state index in [1.54, 1.807) is 11.3 Å². The van der Waals surface area contributed by atoms with Gasteiger partial charge in [-0.25, -0.2) is 4.98 Å². The number of aliphatic hydroxyl groups is 1. The van der Waals surface area contributed by atoms with Crippen molar-refractivity contribution in [3.8, 4) is 0 Å². The van der Waals surface area contributed by atoms with Gasteiger partial charge in [-0.3, -0.25) is 0 Å². The summed E-state index contributed by atoms with van der Waals surface area (Å²) in [6.45, 7) is 9.54. The van der Waals surface area contributed by atoms with Crippen molar-refractivity contribution in [2.24, 2.45) is 0 Å². The van der Waals surface area contributed by atoms with Gasteiger partial charge in [0.05, 0.1) is 12.3 Å². The number of nitrogens with zero attached hydrogens (tertiary/aromatic N) is 1. The molecule has 0 aliphatic rings. The quantitative estimate of drug-likeness (QED) is 0.883. The lowest BCUT2D eigenvalue weighted by molar-refractivity contribution is 0.281. The molecule has 0 aliphatic heterocycles. The van der Waals surface area contributed by atoms with Gasteiger partial charge < -0.3 is 10.4 Å². The molecule has 0 saturated carbocycles. The van der Waals surface area contributed by atoms with Crippen LogP contribution in [0.5, 0.6) is 0 Å². The zero-order chi connectivity index (χ0) is 15.5. The van der Waals surface area contributed by atoms with Crippen LogP contribution in [-0.2, 0) is 18.6 Å². The number of hydrogen-bond acceptors (Lipinski definition) is 4. The Morgan fingerprint density at radius 3 is 2.71 bits per heavy atom. The van der Waals surface area contributed by atoms with Gasteiger partial charge in [0.2, 0.25) is 0 Å². The van der Waals surface area contributed by atoms with Crippen LogP contribution in [0.3, 0.4) is 0 Å². The topological polar surface area (TPSA) is 45.2 Å². The molecule has 2 N–H and O–H groups in total. The number of nitrogens with one attached hydrogen (secondary N) is 1. The lowest BCUT2D eigenvalue weighted by Gasteiger charge is -2.15. The van der Waals surface area contributed by atoms with Crippen LogP contribution in [0.2, 0.25) is 0 Å². The molecule has 2 aromatic rings. The molecular weight excluding hydrogens is 280 g/mol. The zero-order valence-corrected chi connectivity index (χ0v) is 14.0. The minimum absolute atomic E-state index is 0.0853. The number of benzene rings is 1. The largest absolute Gasteiger partial charge is 0.392 e. The van der Waals surface area contributed by atoms with Crippen molar-refractivity contribution in [2.75, 3.05) is 0 Å². The average Bonchev–Trinajstić information content (AvgIpc) is 2.94. The van der Waals surface area contributed by atoms with Crippen molar-refractivity contribution in [3.05, 3.63) is 51.5 Å². The molecule has 1 aromatic carbocycles. The van der Waals surface area contributed by atoms with Crippen molar-refractivity contribution in [1.82, 2.24) is 10.3 Å². The highest BCUT2D eigenvalue weighted by molar-refractivity contribution is 7.09. The Hall–Kier alpha value is -1.23. The fraction of sp³-hybridized carbons (Fsp3) is 0.471. The molecule has 21 heavy (non-hydrogen) atoms. The Kier molecular flexibility index (Phi) is 5.14. The van der Waals surface area contributed by atoms with Gasteiger partial charge in [-0.05, 0) is 18.1 Å². The standard InChI is InChI=1S/C17H24N2OS/c1-12(14-7-5-6-13(8-14)10-20)18-9-16-19-15(11-21-16)17(2,3)4/h5-8,11-12,18,20H,9-10H2,1-4H3. The lowest BCUT2D eigenvalue weighted by Crippen LogP contribution is -2.18. The Labute approximate surface area is 131 Å². The van der Waals surface area contributed by atoms with Crippen LogP contribution in [0.15, 0.2) is 29.6 Å². The number of hydrogen-bond donors (Lipinski definition) is 2. The molecule has 114 valence electrons. The third kappa shape index (κ3) is 4.37. The molecule has 0 bridgehead atoms. The number of aromatic nitrogens is 1. The van der Waals surface area contributed by atoms with Crippen molar-refractivity contribution in [1.29, 1.82) is 0 Å². The van der Waals surface area contributed by atoms with Gasteiger partial charge in [-0.2, -0.15) is 0 Å². The van der Waals surface area contributed by atoms with Crippen LogP contribution in [-0.4, -0.2) is 10.1 Å². The lowest BCUT2D eigenvalue weighted by atomic mass is 9.93. The van der Waals surface area contributed by atoms with Gasteiger partial charge >= 0.3 is 0 Å². The van der Waals surface area contributed by atoms with Gasteiger partial charge in [-0.1, -0.05) is 45.0 Å². The molecule has 1 unspecified atom stereocenters. The van der Waals surface area contributed by atoms with E-state index in [0.717, 1.165) is 22.8 Å².